The van der Waals surface area contributed by atoms with Crippen LogP contribution < -0.4 is 0 Å². The van der Waals surface area contributed by atoms with Gasteiger partial charge in [0.15, 0.2) is 0 Å². The number of nitrogens with zero attached hydrogens (tertiary/aromatic N) is 1. The van der Waals surface area contributed by atoms with Gasteiger partial charge in [0.05, 0.1) is 27.6 Å². The van der Waals surface area contributed by atoms with Gasteiger partial charge >= 0.3 is 5.97 Å². The lowest BCUT2D eigenvalue weighted by atomic mass is 10.0. The largest absolute Gasteiger partial charge is 0.478 e. The number of halogens is 1. The van der Waals surface area contributed by atoms with E-state index >= 15 is 0 Å². The van der Waals surface area contributed by atoms with Crippen molar-refractivity contribution >= 4 is 38.3 Å². The maximum absolute atomic E-state index is 11.5. The predicted octanol–water partition coefficient (Wildman–Crippen LogP) is 2.82. The first-order valence-electron chi connectivity index (χ1n) is 7.08. The minimum atomic E-state index is -2.90. The van der Waals surface area contributed by atoms with Crippen LogP contribution in [0.4, 0.5) is 0 Å². The average molecular weight is 342 g/mol. The summed E-state index contributed by atoms with van der Waals surface area (Å²) in [6.07, 6.45) is 2.81. The number of fused-ring (bicyclic) bond motifs is 1. The summed E-state index contributed by atoms with van der Waals surface area (Å²) in [6, 6.07) is 5.21. The van der Waals surface area contributed by atoms with Crippen LogP contribution >= 0.6 is 11.6 Å². The molecular weight excluding hydrogens is 326 g/mol. The number of aromatic nitrogens is 1. The van der Waals surface area contributed by atoms with E-state index in [1.165, 1.54) is 0 Å². The summed E-state index contributed by atoms with van der Waals surface area (Å²) in [5, 5.41) is 10.4. The molecule has 2 heterocycles. The van der Waals surface area contributed by atoms with Gasteiger partial charge in [-0.05, 0) is 24.8 Å². The molecule has 0 bridgehead atoms. The molecule has 1 aromatic carbocycles. The Morgan fingerprint density at radius 3 is 2.64 bits per heavy atom. The van der Waals surface area contributed by atoms with Crippen molar-refractivity contribution in [1.82, 2.24) is 4.57 Å². The monoisotopic (exact) mass is 341 g/mol. The lowest BCUT2D eigenvalue weighted by Gasteiger charge is -2.22. The summed E-state index contributed by atoms with van der Waals surface area (Å²) < 4.78 is 24.9. The molecule has 0 aliphatic carbocycles. The van der Waals surface area contributed by atoms with Gasteiger partial charge in [-0.25, -0.2) is 13.2 Å². The van der Waals surface area contributed by atoms with Crippen molar-refractivity contribution in [2.45, 2.75) is 19.4 Å². The third-order valence-electron chi connectivity index (χ3n) is 4.21. The molecule has 0 spiro atoms. The SMILES string of the molecule is O=C(O)c1cn(CC2CCS(=O)(=O)CC2)c2c(Cl)cccc12. The van der Waals surface area contributed by atoms with E-state index in [9.17, 15) is 18.3 Å². The molecule has 118 valence electrons. The van der Waals surface area contributed by atoms with E-state index in [1.807, 2.05) is 4.57 Å². The Kier molecular flexibility index (Phi) is 3.91. The molecule has 5 nitrogen and oxygen atoms in total. The Morgan fingerprint density at radius 1 is 1.32 bits per heavy atom. The molecule has 22 heavy (non-hydrogen) atoms. The van der Waals surface area contributed by atoms with E-state index in [1.54, 1.807) is 24.4 Å². The summed E-state index contributed by atoms with van der Waals surface area (Å²) in [5.41, 5.74) is 0.927. The molecule has 0 amide bonds. The highest BCUT2D eigenvalue weighted by Crippen LogP contribution is 2.30. The number of hydrogen-bond acceptors (Lipinski definition) is 3. The van der Waals surface area contributed by atoms with Crippen LogP contribution in [0, 0.1) is 5.92 Å². The maximum atomic E-state index is 11.5. The molecule has 0 unspecified atom stereocenters. The normalized spacial score (nSPS) is 18.6. The fourth-order valence-electron chi connectivity index (χ4n) is 3.03. The van der Waals surface area contributed by atoms with Crippen LogP contribution in [0.1, 0.15) is 23.2 Å². The first-order valence-corrected chi connectivity index (χ1v) is 9.28. The molecule has 1 aliphatic heterocycles. The van der Waals surface area contributed by atoms with Crippen LogP contribution in [0.25, 0.3) is 10.9 Å². The second-order valence-corrected chi connectivity index (χ2v) is 8.44. The summed E-state index contributed by atoms with van der Waals surface area (Å²) in [6.45, 7) is 0.586. The van der Waals surface area contributed by atoms with E-state index in [-0.39, 0.29) is 23.0 Å². The molecule has 7 heteroatoms. The summed E-state index contributed by atoms with van der Waals surface area (Å²) in [5.74, 6) is -0.360. The van der Waals surface area contributed by atoms with Crippen LogP contribution in [-0.4, -0.2) is 35.6 Å². The molecule has 1 aromatic heterocycles. The summed E-state index contributed by atoms with van der Waals surface area (Å²) >= 11 is 6.23. The van der Waals surface area contributed by atoms with Crippen LogP contribution in [0.5, 0.6) is 0 Å². The summed E-state index contributed by atoms with van der Waals surface area (Å²) in [7, 11) is -2.90. The molecule has 0 atom stereocenters. The second-order valence-electron chi connectivity index (χ2n) is 5.73. The number of benzene rings is 1. The zero-order chi connectivity index (χ0) is 15.9. The van der Waals surface area contributed by atoms with Crippen molar-refractivity contribution in [2.75, 3.05) is 11.5 Å². The zero-order valence-electron chi connectivity index (χ0n) is 11.8. The van der Waals surface area contributed by atoms with Crippen LogP contribution in [0.15, 0.2) is 24.4 Å². The molecule has 1 N–H and O–H groups in total. The molecule has 1 aliphatic rings. The van der Waals surface area contributed by atoms with Gasteiger partial charge in [0.1, 0.15) is 9.84 Å². The van der Waals surface area contributed by atoms with Crippen LogP contribution in [0.2, 0.25) is 5.02 Å². The van der Waals surface area contributed by atoms with Crippen molar-refractivity contribution < 1.29 is 18.3 Å². The van der Waals surface area contributed by atoms with Gasteiger partial charge in [-0.3, -0.25) is 0 Å². The molecule has 0 saturated carbocycles. The van der Waals surface area contributed by atoms with E-state index in [2.05, 4.69) is 0 Å². The number of hydrogen-bond donors (Lipinski definition) is 1. The van der Waals surface area contributed by atoms with Crippen molar-refractivity contribution in [2.24, 2.45) is 5.92 Å². The van der Waals surface area contributed by atoms with E-state index in [4.69, 9.17) is 11.6 Å². The molecular formula is C15H16ClNO4S. The number of rotatable bonds is 3. The first kappa shape index (κ1) is 15.4. The lowest BCUT2D eigenvalue weighted by molar-refractivity contribution is 0.0698. The van der Waals surface area contributed by atoms with Gasteiger partial charge in [-0.15, -0.1) is 0 Å². The number of carboxylic acid groups (broad SMARTS) is 1. The smallest absolute Gasteiger partial charge is 0.337 e. The van der Waals surface area contributed by atoms with E-state index in [0.29, 0.717) is 35.3 Å². The van der Waals surface area contributed by atoms with E-state index < -0.39 is 15.8 Å². The quantitative estimate of drug-likeness (QED) is 0.931. The van der Waals surface area contributed by atoms with Gasteiger partial charge in [-0.2, -0.15) is 0 Å². The zero-order valence-corrected chi connectivity index (χ0v) is 13.4. The fourth-order valence-corrected chi connectivity index (χ4v) is 4.90. The number of carboxylic acids is 1. The summed E-state index contributed by atoms with van der Waals surface area (Å²) in [4.78, 5) is 11.4. The van der Waals surface area contributed by atoms with Crippen molar-refractivity contribution in [3.05, 3.63) is 35.0 Å². The lowest BCUT2D eigenvalue weighted by Crippen LogP contribution is -2.25. The highest BCUT2D eigenvalue weighted by atomic mass is 35.5. The highest BCUT2D eigenvalue weighted by Gasteiger charge is 2.25. The standard InChI is InChI=1S/C15H16ClNO4S/c16-13-3-1-2-11-12(15(18)19)9-17(14(11)13)8-10-4-6-22(20,21)7-5-10/h1-3,9-10H,4-8H2,(H,18,19). The Bertz CT molecular complexity index is 827. The van der Waals surface area contributed by atoms with E-state index in [0.717, 1.165) is 0 Å². The fraction of sp³-hybridized carbons (Fsp3) is 0.400. The van der Waals surface area contributed by atoms with Gasteiger partial charge in [0.25, 0.3) is 0 Å². The Hall–Kier alpha value is -1.53. The second kappa shape index (κ2) is 5.59. The van der Waals surface area contributed by atoms with Crippen molar-refractivity contribution in [1.29, 1.82) is 0 Å². The number of carbonyl (C=O) groups is 1. The Balaban J connectivity index is 1.96. The minimum Gasteiger partial charge on any atom is -0.478 e. The Labute approximate surface area is 133 Å². The van der Waals surface area contributed by atoms with Crippen LogP contribution in [-0.2, 0) is 16.4 Å². The maximum Gasteiger partial charge on any atom is 0.337 e. The molecule has 3 rings (SSSR count). The third kappa shape index (κ3) is 2.85. The number of aromatic carboxylic acids is 1. The molecule has 2 aromatic rings. The molecule has 1 saturated heterocycles. The number of sulfone groups is 1. The molecule has 1 fully saturated rings. The van der Waals surface area contributed by atoms with Gasteiger partial charge in [0.2, 0.25) is 0 Å². The topological polar surface area (TPSA) is 76.4 Å². The van der Waals surface area contributed by atoms with Crippen LogP contribution in [0.3, 0.4) is 0 Å². The average Bonchev–Trinajstić information content (AvgIpc) is 2.82. The third-order valence-corrected chi connectivity index (χ3v) is 6.23. The van der Waals surface area contributed by atoms with Gasteiger partial charge < -0.3 is 9.67 Å². The predicted molar refractivity (Wildman–Crippen MR) is 85.3 cm³/mol. The first-order chi connectivity index (χ1) is 10.4. The highest BCUT2D eigenvalue weighted by molar-refractivity contribution is 7.91. The minimum absolute atomic E-state index is 0.205. The Morgan fingerprint density at radius 2 is 2.00 bits per heavy atom. The van der Waals surface area contributed by atoms with Gasteiger partial charge in [0, 0.05) is 18.1 Å². The van der Waals surface area contributed by atoms with Crippen molar-refractivity contribution in [3.8, 4) is 0 Å². The molecule has 0 radical (unpaired) electrons. The number of para-hydroxylation sites is 1. The van der Waals surface area contributed by atoms with Gasteiger partial charge in [-0.1, -0.05) is 23.7 Å². The van der Waals surface area contributed by atoms with Crippen molar-refractivity contribution in [3.63, 3.8) is 0 Å².